The van der Waals surface area contributed by atoms with Gasteiger partial charge in [0.05, 0.1) is 18.0 Å². The van der Waals surface area contributed by atoms with Gasteiger partial charge in [-0.05, 0) is 12.1 Å². The number of carbonyl (C=O) groups excluding carboxylic acids is 1. The molecule has 2 aromatic heterocycles. The third kappa shape index (κ3) is 2.86. The average Bonchev–Trinajstić information content (AvgIpc) is 2.30. The number of halogens is 2. The standard InChI is InChI=1S/C9H5Cl2N5O/c10-6-2-1-5(7(11)14-6)8(17)15-9-12-3-4-13-16-9/h1-4H,(H,12,15,16,17). The van der Waals surface area contributed by atoms with Crippen LogP contribution in [0.1, 0.15) is 10.4 Å². The van der Waals surface area contributed by atoms with E-state index in [1.807, 2.05) is 0 Å². The van der Waals surface area contributed by atoms with Gasteiger partial charge in [0.2, 0.25) is 5.95 Å². The van der Waals surface area contributed by atoms with Crippen LogP contribution in [0, 0.1) is 0 Å². The molecule has 6 nitrogen and oxygen atoms in total. The highest BCUT2D eigenvalue weighted by molar-refractivity contribution is 6.35. The smallest absolute Gasteiger partial charge is 0.261 e. The van der Waals surface area contributed by atoms with E-state index in [4.69, 9.17) is 23.2 Å². The van der Waals surface area contributed by atoms with Gasteiger partial charge in [-0.2, -0.15) is 5.10 Å². The number of carbonyl (C=O) groups is 1. The van der Waals surface area contributed by atoms with Gasteiger partial charge in [-0.1, -0.05) is 23.2 Å². The Labute approximate surface area is 106 Å². The van der Waals surface area contributed by atoms with E-state index in [0.29, 0.717) is 0 Å². The molecule has 0 spiro atoms. The summed E-state index contributed by atoms with van der Waals surface area (Å²) in [6.45, 7) is 0. The van der Waals surface area contributed by atoms with Gasteiger partial charge in [-0.15, -0.1) is 5.10 Å². The molecule has 0 aliphatic carbocycles. The number of rotatable bonds is 2. The van der Waals surface area contributed by atoms with Crippen LogP contribution in [-0.4, -0.2) is 26.1 Å². The predicted octanol–water partition coefficient (Wildman–Crippen LogP) is 1.83. The van der Waals surface area contributed by atoms with Gasteiger partial charge < -0.3 is 0 Å². The molecule has 1 N–H and O–H groups in total. The van der Waals surface area contributed by atoms with Gasteiger partial charge in [0.15, 0.2) is 0 Å². The molecule has 86 valence electrons. The molecule has 0 unspecified atom stereocenters. The lowest BCUT2D eigenvalue weighted by molar-refractivity contribution is 0.102. The summed E-state index contributed by atoms with van der Waals surface area (Å²) in [5, 5.41) is 9.83. The normalized spacial score (nSPS) is 10.0. The summed E-state index contributed by atoms with van der Waals surface area (Å²) in [7, 11) is 0. The van der Waals surface area contributed by atoms with Crippen molar-refractivity contribution in [3.8, 4) is 0 Å². The van der Waals surface area contributed by atoms with Crippen molar-refractivity contribution in [3.05, 3.63) is 40.4 Å². The Kier molecular flexibility index (Phi) is 3.46. The van der Waals surface area contributed by atoms with E-state index in [-0.39, 0.29) is 21.8 Å². The Morgan fingerprint density at radius 1 is 1.24 bits per heavy atom. The molecule has 0 aliphatic rings. The van der Waals surface area contributed by atoms with E-state index >= 15 is 0 Å². The molecule has 0 saturated heterocycles. The van der Waals surface area contributed by atoms with Crippen molar-refractivity contribution in [1.29, 1.82) is 0 Å². The molecular weight excluding hydrogens is 265 g/mol. The predicted molar refractivity (Wildman–Crippen MR) is 62.0 cm³/mol. The van der Waals surface area contributed by atoms with Gasteiger partial charge in [0.25, 0.3) is 5.91 Å². The Balaban J connectivity index is 2.21. The maximum atomic E-state index is 11.8. The number of nitrogens with zero attached hydrogens (tertiary/aromatic N) is 4. The molecule has 2 heterocycles. The fraction of sp³-hybridized carbons (Fsp3) is 0. The van der Waals surface area contributed by atoms with Gasteiger partial charge in [-0.25, -0.2) is 9.97 Å². The van der Waals surface area contributed by atoms with Gasteiger partial charge >= 0.3 is 0 Å². The second-order valence-corrected chi connectivity index (χ2v) is 3.64. The van der Waals surface area contributed by atoms with Crippen molar-refractivity contribution in [3.63, 3.8) is 0 Å². The molecule has 0 bridgehead atoms. The van der Waals surface area contributed by atoms with Gasteiger partial charge in [0.1, 0.15) is 10.3 Å². The zero-order chi connectivity index (χ0) is 12.3. The van der Waals surface area contributed by atoms with E-state index < -0.39 is 5.91 Å². The Morgan fingerprint density at radius 2 is 2.06 bits per heavy atom. The van der Waals surface area contributed by atoms with Crippen LogP contribution < -0.4 is 5.32 Å². The molecule has 2 rings (SSSR count). The van der Waals surface area contributed by atoms with Crippen molar-refractivity contribution >= 4 is 35.1 Å². The zero-order valence-corrected chi connectivity index (χ0v) is 9.77. The van der Waals surface area contributed by atoms with Crippen molar-refractivity contribution < 1.29 is 4.79 Å². The molecule has 2 aromatic rings. The first-order valence-electron chi connectivity index (χ1n) is 4.44. The van der Waals surface area contributed by atoms with Crippen LogP contribution in [-0.2, 0) is 0 Å². The monoisotopic (exact) mass is 269 g/mol. The van der Waals surface area contributed by atoms with Gasteiger partial charge in [0, 0.05) is 0 Å². The third-order valence-corrected chi connectivity index (χ3v) is 2.27. The van der Waals surface area contributed by atoms with E-state index in [0.717, 1.165) is 0 Å². The fourth-order valence-electron chi connectivity index (χ4n) is 1.06. The number of hydrogen-bond donors (Lipinski definition) is 1. The summed E-state index contributed by atoms with van der Waals surface area (Å²) in [5.41, 5.74) is 0.184. The SMILES string of the molecule is O=C(Nc1nccnn1)c1ccc(Cl)nc1Cl. The van der Waals surface area contributed by atoms with Crippen LogP contribution >= 0.6 is 23.2 Å². The van der Waals surface area contributed by atoms with Gasteiger partial charge in [-0.3, -0.25) is 10.1 Å². The minimum absolute atomic E-state index is 0.0129. The molecular formula is C9H5Cl2N5O. The summed E-state index contributed by atoms with van der Waals surface area (Å²) >= 11 is 11.4. The second kappa shape index (κ2) is 5.03. The average molecular weight is 270 g/mol. The highest BCUT2D eigenvalue weighted by Crippen LogP contribution is 2.17. The van der Waals surface area contributed by atoms with Crippen molar-refractivity contribution in [1.82, 2.24) is 20.2 Å². The number of anilines is 1. The highest BCUT2D eigenvalue weighted by atomic mass is 35.5. The molecule has 0 fully saturated rings. The lowest BCUT2D eigenvalue weighted by Crippen LogP contribution is -2.15. The first kappa shape index (κ1) is 11.7. The summed E-state index contributed by atoms with van der Waals surface area (Å²) in [6, 6.07) is 2.93. The largest absolute Gasteiger partial charge is 0.289 e. The Morgan fingerprint density at radius 3 is 2.71 bits per heavy atom. The summed E-state index contributed by atoms with van der Waals surface area (Å²) in [5.74, 6) is -0.393. The number of pyridine rings is 1. The molecule has 17 heavy (non-hydrogen) atoms. The minimum atomic E-state index is -0.479. The van der Waals surface area contributed by atoms with Crippen molar-refractivity contribution in [2.24, 2.45) is 0 Å². The molecule has 0 saturated carbocycles. The molecule has 0 aromatic carbocycles. The summed E-state index contributed by atoms with van der Waals surface area (Å²) < 4.78 is 0. The molecule has 1 amide bonds. The van der Waals surface area contributed by atoms with E-state index in [2.05, 4.69) is 25.5 Å². The fourth-order valence-corrected chi connectivity index (χ4v) is 1.49. The van der Waals surface area contributed by atoms with E-state index in [9.17, 15) is 4.79 Å². The Hall–Kier alpha value is -1.79. The maximum absolute atomic E-state index is 11.8. The van der Waals surface area contributed by atoms with Crippen LogP contribution in [0.15, 0.2) is 24.5 Å². The van der Waals surface area contributed by atoms with Crippen molar-refractivity contribution in [2.75, 3.05) is 5.32 Å². The quantitative estimate of drug-likeness (QED) is 0.842. The Bertz CT molecular complexity index is 548. The van der Waals surface area contributed by atoms with Crippen LogP contribution in [0.5, 0.6) is 0 Å². The van der Waals surface area contributed by atoms with Crippen LogP contribution in [0.3, 0.4) is 0 Å². The second-order valence-electron chi connectivity index (χ2n) is 2.89. The van der Waals surface area contributed by atoms with Crippen LogP contribution in [0.2, 0.25) is 10.3 Å². The third-order valence-electron chi connectivity index (χ3n) is 1.77. The van der Waals surface area contributed by atoms with Crippen LogP contribution in [0.25, 0.3) is 0 Å². The zero-order valence-electron chi connectivity index (χ0n) is 8.26. The van der Waals surface area contributed by atoms with E-state index in [1.54, 1.807) is 0 Å². The van der Waals surface area contributed by atoms with Crippen LogP contribution in [0.4, 0.5) is 5.95 Å². The highest BCUT2D eigenvalue weighted by Gasteiger charge is 2.13. The first-order chi connectivity index (χ1) is 8.16. The number of nitrogens with one attached hydrogen (secondary N) is 1. The summed E-state index contributed by atoms with van der Waals surface area (Å²) in [6.07, 6.45) is 2.80. The molecule has 8 heteroatoms. The minimum Gasteiger partial charge on any atom is -0.289 e. The molecule has 0 aliphatic heterocycles. The first-order valence-corrected chi connectivity index (χ1v) is 5.19. The lowest BCUT2D eigenvalue weighted by atomic mass is 10.3. The molecule has 0 radical (unpaired) electrons. The lowest BCUT2D eigenvalue weighted by Gasteiger charge is -2.03. The maximum Gasteiger partial charge on any atom is 0.261 e. The number of aromatic nitrogens is 4. The topological polar surface area (TPSA) is 80.7 Å². The van der Waals surface area contributed by atoms with E-state index in [1.165, 1.54) is 24.5 Å². The summed E-state index contributed by atoms with van der Waals surface area (Å²) in [4.78, 5) is 19.3. The number of amides is 1. The molecule has 0 atom stereocenters. The number of hydrogen-bond acceptors (Lipinski definition) is 5. The van der Waals surface area contributed by atoms with Crippen molar-refractivity contribution in [2.45, 2.75) is 0 Å².